The molecule has 0 aliphatic rings. The summed E-state index contributed by atoms with van der Waals surface area (Å²) in [7, 11) is 0. The third-order valence-corrected chi connectivity index (χ3v) is 3.24. The van der Waals surface area contributed by atoms with Gasteiger partial charge in [0.25, 0.3) is 0 Å². The molecule has 0 spiro atoms. The smallest absolute Gasteiger partial charge is 0.117 e. The number of aliphatic hydroxyl groups is 1. The number of rotatable bonds is 8. The Morgan fingerprint density at radius 3 is 3.06 bits per heavy atom. The van der Waals surface area contributed by atoms with E-state index >= 15 is 0 Å². The van der Waals surface area contributed by atoms with Crippen molar-refractivity contribution in [3.8, 4) is 0 Å². The summed E-state index contributed by atoms with van der Waals surface area (Å²) in [6.45, 7) is 2.01. The van der Waals surface area contributed by atoms with Crippen molar-refractivity contribution in [3.63, 3.8) is 0 Å². The Bertz CT molecular complexity index is 373. The second-order valence-electron chi connectivity index (χ2n) is 3.96. The molecule has 0 saturated carbocycles. The molecule has 98 valence electrons. The van der Waals surface area contributed by atoms with E-state index in [-0.39, 0.29) is 0 Å². The van der Waals surface area contributed by atoms with Crippen LogP contribution < -0.4 is 5.32 Å². The molecule has 2 aromatic rings. The molecule has 0 saturated heterocycles. The summed E-state index contributed by atoms with van der Waals surface area (Å²) < 4.78 is 10.6. The van der Waals surface area contributed by atoms with Gasteiger partial charge in [-0.1, -0.05) is 6.07 Å². The molecule has 18 heavy (non-hydrogen) atoms. The predicted molar refractivity (Wildman–Crippen MR) is 70.4 cm³/mol. The van der Waals surface area contributed by atoms with Crippen LogP contribution in [0.3, 0.4) is 0 Å². The average molecular weight is 267 g/mol. The van der Waals surface area contributed by atoms with Crippen molar-refractivity contribution in [3.05, 3.63) is 46.5 Å². The summed E-state index contributed by atoms with van der Waals surface area (Å²) in [4.78, 5) is 1.17. The van der Waals surface area contributed by atoms with E-state index in [0.717, 1.165) is 5.76 Å². The Kier molecular flexibility index (Phi) is 5.41. The number of aliphatic hydroxyl groups excluding tert-OH is 1. The monoisotopic (exact) mass is 267 g/mol. The molecule has 0 aromatic carbocycles. The van der Waals surface area contributed by atoms with E-state index in [9.17, 15) is 5.11 Å². The van der Waals surface area contributed by atoms with Crippen molar-refractivity contribution in [2.75, 3.05) is 13.2 Å². The van der Waals surface area contributed by atoms with Crippen molar-refractivity contribution in [1.29, 1.82) is 0 Å². The molecule has 2 heterocycles. The lowest BCUT2D eigenvalue weighted by Gasteiger charge is -2.11. The van der Waals surface area contributed by atoms with E-state index in [1.54, 1.807) is 17.6 Å². The van der Waals surface area contributed by atoms with Gasteiger partial charge in [0, 0.05) is 11.4 Å². The zero-order valence-corrected chi connectivity index (χ0v) is 10.9. The first-order chi connectivity index (χ1) is 8.84. The molecular formula is C13H17NO3S. The van der Waals surface area contributed by atoms with Gasteiger partial charge in [0.2, 0.25) is 0 Å². The van der Waals surface area contributed by atoms with Gasteiger partial charge in [-0.25, -0.2) is 0 Å². The minimum absolute atomic E-state index is 0.336. The van der Waals surface area contributed by atoms with Gasteiger partial charge in [-0.2, -0.15) is 0 Å². The van der Waals surface area contributed by atoms with Gasteiger partial charge in [0.05, 0.1) is 32.1 Å². The summed E-state index contributed by atoms with van der Waals surface area (Å²) >= 11 is 1.66. The lowest BCUT2D eigenvalue weighted by molar-refractivity contribution is 0.0295. The van der Waals surface area contributed by atoms with Crippen LogP contribution in [0.5, 0.6) is 0 Å². The van der Waals surface area contributed by atoms with Crippen LogP contribution in [0.2, 0.25) is 0 Å². The lowest BCUT2D eigenvalue weighted by atomic mass is 10.3. The van der Waals surface area contributed by atoms with E-state index in [4.69, 9.17) is 9.15 Å². The van der Waals surface area contributed by atoms with Gasteiger partial charge < -0.3 is 19.6 Å². The highest BCUT2D eigenvalue weighted by molar-refractivity contribution is 7.09. The number of furan rings is 1. The average Bonchev–Trinajstić information content (AvgIpc) is 3.01. The van der Waals surface area contributed by atoms with Crippen LogP contribution in [0.1, 0.15) is 10.6 Å². The van der Waals surface area contributed by atoms with Crippen molar-refractivity contribution in [2.45, 2.75) is 19.3 Å². The Morgan fingerprint density at radius 1 is 1.39 bits per heavy atom. The van der Waals surface area contributed by atoms with Crippen LogP contribution in [0.15, 0.2) is 40.3 Å². The zero-order valence-electron chi connectivity index (χ0n) is 10.0. The summed E-state index contributed by atoms with van der Waals surface area (Å²) in [5.74, 6) is 0.863. The topological polar surface area (TPSA) is 54.6 Å². The fraction of sp³-hybridized carbons (Fsp3) is 0.385. The second-order valence-corrected chi connectivity index (χ2v) is 4.99. The third kappa shape index (κ3) is 4.62. The highest BCUT2D eigenvalue weighted by Crippen LogP contribution is 2.09. The van der Waals surface area contributed by atoms with E-state index in [1.807, 2.05) is 29.6 Å². The zero-order chi connectivity index (χ0) is 12.6. The molecule has 4 nitrogen and oxygen atoms in total. The van der Waals surface area contributed by atoms with Gasteiger partial charge in [-0.05, 0) is 23.6 Å². The van der Waals surface area contributed by atoms with E-state index in [1.165, 1.54) is 4.88 Å². The Morgan fingerprint density at radius 2 is 2.33 bits per heavy atom. The summed E-state index contributed by atoms with van der Waals surface area (Å²) in [5, 5.41) is 14.8. The van der Waals surface area contributed by atoms with Crippen LogP contribution in [0.25, 0.3) is 0 Å². The van der Waals surface area contributed by atoms with Crippen LogP contribution in [0, 0.1) is 0 Å². The molecule has 2 aromatic heterocycles. The SMILES string of the molecule is OC(CNCc1ccco1)COCc1cccs1. The predicted octanol–water partition coefficient (Wildman–Crippen LogP) is 2.01. The molecule has 0 aliphatic carbocycles. The number of nitrogens with one attached hydrogen (secondary N) is 1. The summed E-state index contributed by atoms with van der Waals surface area (Å²) in [6, 6.07) is 7.75. The fourth-order valence-corrected chi connectivity index (χ4v) is 2.16. The van der Waals surface area contributed by atoms with Gasteiger partial charge in [0.15, 0.2) is 0 Å². The molecule has 0 amide bonds. The second kappa shape index (κ2) is 7.33. The summed E-state index contributed by atoms with van der Waals surface area (Å²) in [5.41, 5.74) is 0. The maximum atomic E-state index is 9.69. The molecule has 0 fully saturated rings. The van der Waals surface area contributed by atoms with Gasteiger partial charge in [0.1, 0.15) is 5.76 Å². The Balaban J connectivity index is 1.53. The highest BCUT2D eigenvalue weighted by atomic mass is 32.1. The maximum absolute atomic E-state index is 9.69. The van der Waals surface area contributed by atoms with Crippen LogP contribution in [-0.2, 0) is 17.9 Å². The first kappa shape index (κ1) is 13.3. The van der Waals surface area contributed by atoms with Crippen LogP contribution in [-0.4, -0.2) is 24.4 Å². The molecule has 1 unspecified atom stereocenters. The van der Waals surface area contributed by atoms with E-state index in [0.29, 0.717) is 26.3 Å². The van der Waals surface area contributed by atoms with Crippen molar-refractivity contribution >= 4 is 11.3 Å². The molecule has 5 heteroatoms. The number of hydrogen-bond donors (Lipinski definition) is 2. The normalized spacial score (nSPS) is 12.7. The first-order valence-corrected chi connectivity index (χ1v) is 6.74. The maximum Gasteiger partial charge on any atom is 0.117 e. The first-order valence-electron chi connectivity index (χ1n) is 5.86. The Hall–Kier alpha value is -1.14. The standard InChI is InChI=1S/C13H17NO3S/c15-11(7-14-8-12-3-1-5-17-12)9-16-10-13-4-2-6-18-13/h1-6,11,14-15H,7-10H2. The van der Waals surface area contributed by atoms with Gasteiger partial charge in [-0.15, -0.1) is 11.3 Å². The van der Waals surface area contributed by atoms with Crippen LogP contribution in [0.4, 0.5) is 0 Å². The minimum atomic E-state index is -0.500. The molecule has 1 atom stereocenters. The quantitative estimate of drug-likeness (QED) is 0.768. The van der Waals surface area contributed by atoms with Crippen molar-refractivity contribution in [2.24, 2.45) is 0 Å². The lowest BCUT2D eigenvalue weighted by Crippen LogP contribution is -2.29. The van der Waals surface area contributed by atoms with Crippen molar-refractivity contribution in [1.82, 2.24) is 5.32 Å². The van der Waals surface area contributed by atoms with Crippen molar-refractivity contribution < 1.29 is 14.3 Å². The molecule has 2 N–H and O–H groups in total. The largest absolute Gasteiger partial charge is 0.468 e. The molecule has 2 rings (SSSR count). The van der Waals surface area contributed by atoms with Crippen LogP contribution >= 0.6 is 11.3 Å². The Labute approximate surface area is 110 Å². The third-order valence-electron chi connectivity index (χ3n) is 2.39. The minimum Gasteiger partial charge on any atom is -0.468 e. The van der Waals surface area contributed by atoms with Gasteiger partial charge >= 0.3 is 0 Å². The van der Waals surface area contributed by atoms with E-state index < -0.39 is 6.10 Å². The highest BCUT2D eigenvalue weighted by Gasteiger charge is 2.05. The molecular weight excluding hydrogens is 250 g/mol. The van der Waals surface area contributed by atoms with Gasteiger partial charge in [-0.3, -0.25) is 0 Å². The molecule has 0 radical (unpaired) electrons. The molecule has 0 aliphatic heterocycles. The molecule has 0 bridgehead atoms. The van der Waals surface area contributed by atoms with E-state index in [2.05, 4.69) is 5.32 Å². The summed E-state index contributed by atoms with van der Waals surface area (Å²) in [6.07, 6.45) is 1.14. The fourth-order valence-electron chi connectivity index (χ4n) is 1.52. The number of ether oxygens (including phenoxy) is 1. The number of thiophene rings is 1. The number of hydrogen-bond acceptors (Lipinski definition) is 5.